The first kappa shape index (κ1) is 21.1. The largest absolute Gasteiger partial charge is 0.442 e. The molecule has 162 valence electrons. The molecule has 3 fully saturated rings. The van der Waals surface area contributed by atoms with E-state index in [4.69, 9.17) is 17.0 Å². The molecule has 1 aromatic carbocycles. The van der Waals surface area contributed by atoms with Crippen LogP contribution in [0.3, 0.4) is 0 Å². The number of rotatable bonds is 4. The maximum absolute atomic E-state index is 12.4. The van der Waals surface area contributed by atoms with Gasteiger partial charge in [0, 0.05) is 31.4 Å². The molecule has 3 aliphatic rings. The first-order valence-corrected chi connectivity index (χ1v) is 11.0. The van der Waals surface area contributed by atoms with Crippen molar-refractivity contribution < 1.29 is 14.3 Å². The van der Waals surface area contributed by atoms with Gasteiger partial charge in [-0.1, -0.05) is 26.1 Å². The SMILES string of the molecule is CC(=O)NC[C@H]1CN(c2cc(C)c(N3CC4(C)CC(=S)CC4(C)C3)c(C)c2)C(=O)O1. The lowest BCUT2D eigenvalue weighted by molar-refractivity contribution is -0.119. The highest BCUT2D eigenvalue weighted by Gasteiger charge is 2.56. The summed E-state index contributed by atoms with van der Waals surface area (Å²) in [6.07, 6.45) is 1.37. The van der Waals surface area contributed by atoms with Crippen LogP contribution in [-0.4, -0.2) is 49.1 Å². The molecule has 0 bridgehead atoms. The Labute approximate surface area is 183 Å². The number of carbonyl (C=O) groups is 2. The van der Waals surface area contributed by atoms with Gasteiger partial charge in [0.25, 0.3) is 0 Å². The second-order valence-electron chi connectivity index (χ2n) is 9.85. The molecule has 2 heterocycles. The van der Waals surface area contributed by atoms with Crippen LogP contribution in [-0.2, 0) is 9.53 Å². The van der Waals surface area contributed by atoms with E-state index in [1.54, 1.807) is 4.90 Å². The number of anilines is 2. The van der Waals surface area contributed by atoms with E-state index in [0.717, 1.165) is 42.7 Å². The van der Waals surface area contributed by atoms with Crippen LogP contribution in [0.1, 0.15) is 44.7 Å². The highest BCUT2D eigenvalue weighted by atomic mass is 32.1. The molecule has 2 aliphatic heterocycles. The predicted octanol–water partition coefficient (Wildman–Crippen LogP) is 3.76. The summed E-state index contributed by atoms with van der Waals surface area (Å²) in [5.74, 6) is -0.126. The Morgan fingerprint density at radius 1 is 1.20 bits per heavy atom. The molecular weight excluding hydrogens is 398 g/mol. The number of fused-ring (bicyclic) bond motifs is 1. The average molecular weight is 430 g/mol. The maximum Gasteiger partial charge on any atom is 0.414 e. The number of nitrogens with zero attached hydrogens (tertiary/aromatic N) is 2. The van der Waals surface area contributed by atoms with E-state index in [1.807, 2.05) is 0 Å². The molecule has 30 heavy (non-hydrogen) atoms. The van der Waals surface area contributed by atoms with Crippen LogP contribution < -0.4 is 15.1 Å². The number of aryl methyl sites for hydroxylation is 2. The van der Waals surface area contributed by atoms with Gasteiger partial charge in [-0.05, 0) is 65.6 Å². The minimum atomic E-state index is -0.360. The van der Waals surface area contributed by atoms with Crippen LogP contribution >= 0.6 is 12.2 Å². The number of amides is 2. The zero-order valence-electron chi connectivity index (χ0n) is 18.5. The van der Waals surface area contributed by atoms with Gasteiger partial charge in [0.05, 0.1) is 13.1 Å². The van der Waals surface area contributed by atoms with E-state index in [1.165, 1.54) is 17.5 Å². The van der Waals surface area contributed by atoms with E-state index in [-0.39, 0.29) is 28.9 Å². The molecule has 2 amide bonds. The van der Waals surface area contributed by atoms with Crippen LogP contribution in [0.5, 0.6) is 0 Å². The molecule has 3 atom stereocenters. The number of hydrogen-bond acceptors (Lipinski definition) is 5. The second kappa shape index (κ2) is 7.22. The monoisotopic (exact) mass is 429 g/mol. The lowest BCUT2D eigenvalue weighted by Gasteiger charge is -2.31. The van der Waals surface area contributed by atoms with E-state index in [2.05, 4.69) is 50.0 Å². The van der Waals surface area contributed by atoms with E-state index < -0.39 is 0 Å². The lowest BCUT2D eigenvalue weighted by Crippen LogP contribution is -2.33. The van der Waals surface area contributed by atoms with E-state index in [0.29, 0.717) is 13.1 Å². The molecule has 1 aromatic rings. The van der Waals surface area contributed by atoms with Gasteiger partial charge in [-0.2, -0.15) is 0 Å². The van der Waals surface area contributed by atoms with Crippen LogP contribution in [0.15, 0.2) is 12.1 Å². The van der Waals surface area contributed by atoms with Gasteiger partial charge >= 0.3 is 6.09 Å². The van der Waals surface area contributed by atoms with Crippen LogP contribution in [0.4, 0.5) is 16.2 Å². The summed E-state index contributed by atoms with van der Waals surface area (Å²) >= 11 is 5.56. The summed E-state index contributed by atoms with van der Waals surface area (Å²) in [5.41, 5.74) is 4.89. The van der Waals surface area contributed by atoms with Crippen molar-refractivity contribution in [3.05, 3.63) is 23.3 Å². The summed E-state index contributed by atoms with van der Waals surface area (Å²) in [6, 6.07) is 4.15. The smallest absolute Gasteiger partial charge is 0.414 e. The van der Waals surface area contributed by atoms with Crippen molar-refractivity contribution in [1.82, 2.24) is 5.32 Å². The van der Waals surface area contributed by atoms with Gasteiger partial charge in [-0.25, -0.2) is 4.79 Å². The highest BCUT2D eigenvalue weighted by Crippen LogP contribution is 2.57. The topological polar surface area (TPSA) is 61.9 Å². The zero-order valence-corrected chi connectivity index (χ0v) is 19.3. The minimum Gasteiger partial charge on any atom is -0.442 e. The van der Waals surface area contributed by atoms with Crippen molar-refractivity contribution in [1.29, 1.82) is 0 Å². The lowest BCUT2D eigenvalue weighted by atomic mass is 9.71. The number of hydrogen-bond donors (Lipinski definition) is 1. The minimum absolute atomic E-state index is 0.126. The van der Waals surface area contributed by atoms with Gasteiger partial charge < -0.3 is 15.0 Å². The first-order valence-electron chi connectivity index (χ1n) is 10.6. The third kappa shape index (κ3) is 3.47. The summed E-state index contributed by atoms with van der Waals surface area (Å²) in [4.78, 5) is 28.9. The van der Waals surface area contributed by atoms with Crippen molar-refractivity contribution >= 4 is 40.5 Å². The number of cyclic esters (lactones) is 1. The number of ether oxygens (including phenoxy) is 1. The molecule has 7 heteroatoms. The molecule has 2 saturated heterocycles. The molecule has 0 aromatic heterocycles. The highest BCUT2D eigenvalue weighted by molar-refractivity contribution is 7.80. The average Bonchev–Trinajstić information content (AvgIpc) is 3.16. The van der Waals surface area contributed by atoms with Gasteiger partial charge in [0.2, 0.25) is 5.91 Å². The van der Waals surface area contributed by atoms with Gasteiger partial charge in [-0.3, -0.25) is 9.69 Å². The van der Waals surface area contributed by atoms with Gasteiger partial charge in [0.15, 0.2) is 0 Å². The number of carbonyl (C=O) groups excluding carboxylic acids is 2. The van der Waals surface area contributed by atoms with Crippen molar-refractivity contribution in [2.45, 2.75) is 53.6 Å². The van der Waals surface area contributed by atoms with E-state index >= 15 is 0 Å². The van der Waals surface area contributed by atoms with Crippen molar-refractivity contribution in [3.8, 4) is 0 Å². The molecule has 0 radical (unpaired) electrons. The number of benzene rings is 1. The Kier molecular flexibility index (Phi) is 5.08. The van der Waals surface area contributed by atoms with Gasteiger partial charge in [0.1, 0.15) is 6.10 Å². The van der Waals surface area contributed by atoms with Crippen LogP contribution in [0.25, 0.3) is 0 Å². The zero-order chi connectivity index (χ0) is 21.8. The first-order chi connectivity index (χ1) is 14.0. The molecule has 4 rings (SSSR count). The molecule has 1 N–H and O–H groups in total. The van der Waals surface area contributed by atoms with Crippen LogP contribution in [0.2, 0.25) is 0 Å². The normalized spacial score (nSPS) is 30.6. The number of nitrogens with one attached hydrogen (secondary N) is 1. The Bertz CT molecular complexity index is 887. The van der Waals surface area contributed by atoms with Crippen molar-refractivity contribution in [2.75, 3.05) is 36.0 Å². The summed E-state index contributed by atoms with van der Waals surface area (Å²) in [5, 5.41) is 2.72. The molecule has 6 nitrogen and oxygen atoms in total. The van der Waals surface area contributed by atoms with Crippen molar-refractivity contribution in [2.24, 2.45) is 10.8 Å². The summed E-state index contributed by atoms with van der Waals surface area (Å²) < 4.78 is 5.42. The third-order valence-electron chi connectivity index (χ3n) is 7.27. The Morgan fingerprint density at radius 2 is 1.77 bits per heavy atom. The number of thiocarbonyl (C=S) groups is 1. The Balaban J connectivity index is 1.55. The van der Waals surface area contributed by atoms with Crippen LogP contribution in [0, 0.1) is 24.7 Å². The standard InChI is InChI=1S/C23H31N3O3S/c1-14-6-17(26-11-18(29-21(26)28)10-24-16(3)27)7-15(2)20(14)25-12-22(4)8-19(30)9-23(22,5)13-25/h6-7,18H,8-13H2,1-5H3,(H,24,27)/t18-,22?,23?/m0/s1. The molecule has 2 unspecified atom stereocenters. The Hall–Kier alpha value is -2.15. The Morgan fingerprint density at radius 3 is 2.30 bits per heavy atom. The predicted molar refractivity (Wildman–Crippen MR) is 122 cm³/mol. The fourth-order valence-electron chi connectivity index (χ4n) is 5.59. The third-order valence-corrected chi connectivity index (χ3v) is 7.56. The summed E-state index contributed by atoms with van der Waals surface area (Å²) in [6.45, 7) is 13.2. The van der Waals surface area contributed by atoms with Gasteiger partial charge in [-0.15, -0.1) is 0 Å². The molecular formula is C23H31N3O3S. The van der Waals surface area contributed by atoms with E-state index in [9.17, 15) is 9.59 Å². The fraction of sp³-hybridized carbons (Fsp3) is 0.609. The van der Waals surface area contributed by atoms with Crippen molar-refractivity contribution in [3.63, 3.8) is 0 Å². The fourth-order valence-corrected chi connectivity index (χ4v) is 6.23. The molecule has 1 saturated carbocycles. The quantitative estimate of drug-likeness (QED) is 0.739. The molecule has 0 spiro atoms. The summed E-state index contributed by atoms with van der Waals surface area (Å²) in [7, 11) is 0. The maximum atomic E-state index is 12.4. The second-order valence-corrected chi connectivity index (χ2v) is 10.4. The molecule has 1 aliphatic carbocycles.